The Labute approximate surface area is 266 Å². The first-order valence-corrected chi connectivity index (χ1v) is 15.5. The minimum atomic E-state index is 0.645. The minimum absolute atomic E-state index is 0.645. The van der Waals surface area contributed by atoms with Gasteiger partial charge in [0.05, 0.1) is 39.4 Å². The average molecular weight is 586 g/mol. The van der Waals surface area contributed by atoms with E-state index in [2.05, 4.69) is 173 Å². The van der Waals surface area contributed by atoms with E-state index in [0.717, 1.165) is 44.7 Å². The Morgan fingerprint density at radius 3 is 1.30 bits per heavy atom. The number of para-hydroxylation sites is 5. The topological polar surface area (TPSA) is 33.6 Å². The van der Waals surface area contributed by atoms with Gasteiger partial charge in [-0.2, -0.15) is 5.26 Å². The Balaban J connectivity index is 1.30. The fourth-order valence-electron chi connectivity index (χ4n) is 7.22. The van der Waals surface area contributed by atoms with Gasteiger partial charge in [0.15, 0.2) is 0 Å². The van der Waals surface area contributed by atoms with Gasteiger partial charge in [-0.25, -0.2) is 0 Å². The minimum Gasteiger partial charge on any atom is -0.309 e. The Hall–Kier alpha value is -6.37. The van der Waals surface area contributed by atoms with Crippen molar-refractivity contribution in [3.8, 4) is 39.7 Å². The molecule has 2 heterocycles. The summed E-state index contributed by atoms with van der Waals surface area (Å²) in [7, 11) is 0. The van der Waals surface area contributed by atoms with Crippen molar-refractivity contribution in [2.75, 3.05) is 0 Å². The molecule has 9 aromatic rings. The van der Waals surface area contributed by atoms with Crippen molar-refractivity contribution in [2.45, 2.75) is 0 Å². The Morgan fingerprint density at radius 1 is 0.370 bits per heavy atom. The van der Waals surface area contributed by atoms with Crippen LogP contribution in [0.15, 0.2) is 164 Å². The molecule has 0 aliphatic heterocycles. The molecule has 0 N–H and O–H groups in total. The molecule has 0 aliphatic carbocycles. The van der Waals surface area contributed by atoms with E-state index in [9.17, 15) is 5.26 Å². The van der Waals surface area contributed by atoms with Crippen molar-refractivity contribution in [1.29, 1.82) is 5.26 Å². The second-order valence-electron chi connectivity index (χ2n) is 11.6. The SMILES string of the molecule is N#Cc1ccc(-n2c3ccccc3c3ccccc32)cc1-c1ccccc1-c1ccccc1-n1c2ccccc2c2ccccc21. The van der Waals surface area contributed by atoms with Crippen molar-refractivity contribution >= 4 is 43.6 Å². The lowest BCUT2D eigenvalue weighted by atomic mass is 9.91. The fraction of sp³-hybridized carbons (Fsp3) is 0. The van der Waals surface area contributed by atoms with E-state index in [0.29, 0.717) is 5.56 Å². The molecule has 0 amide bonds. The standard InChI is InChI=1S/C43H27N3/c44-28-29-25-26-30(45-39-20-8-4-16-34(39)35-17-5-9-21-40(35)45)27-38(29)32-14-2-1-13-31(32)33-15-3-10-22-41(33)46-42-23-11-6-18-36(42)37-19-7-12-24-43(37)46/h1-27H. The molecule has 0 spiro atoms. The number of benzene rings is 7. The van der Waals surface area contributed by atoms with Crippen molar-refractivity contribution in [1.82, 2.24) is 9.13 Å². The molecule has 0 saturated heterocycles. The van der Waals surface area contributed by atoms with Crippen molar-refractivity contribution < 1.29 is 0 Å². The molecule has 0 saturated carbocycles. The molecular weight excluding hydrogens is 558 g/mol. The second kappa shape index (κ2) is 10.4. The zero-order valence-corrected chi connectivity index (χ0v) is 24.9. The summed E-state index contributed by atoms with van der Waals surface area (Å²) in [5, 5.41) is 15.3. The number of hydrogen-bond donors (Lipinski definition) is 0. The van der Waals surface area contributed by atoms with E-state index in [4.69, 9.17) is 0 Å². The van der Waals surface area contributed by atoms with E-state index < -0.39 is 0 Å². The van der Waals surface area contributed by atoms with Gasteiger partial charge in [0, 0.05) is 38.4 Å². The normalized spacial score (nSPS) is 11.5. The summed E-state index contributed by atoms with van der Waals surface area (Å²) in [4.78, 5) is 0. The van der Waals surface area contributed by atoms with Gasteiger partial charge in [-0.3, -0.25) is 0 Å². The summed E-state index contributed by atoms with van der Waals surface area (Å²) in [6, 6.07) is 60.0. The molecule has 0 bridgehead atoms. The highest BCUT2D eigenvalue weighted by atomic mass is 15.0. The molecule has 0 aliphatic rings. The molecule has 0 unspecified atom stereocenters. The average Bonchev–Trinajstić information content (AvgIpc) is 3.64. The van der Waals surface area contributed by atoms with Crippen LogP contribution >= 0.6 is 0 Å². The molecule has 2 aromatic heterocycles. The number of nitriles is 1. The predicted octanol–water partition coefficient (Wildman–Crippen LogP) is 11.1. The maximum absolute atomic E-state index is 10.4. The highest BCUT2D eigenvalue weighted by molar-refractivity contribution is 6.11. The van der Waals surface area contributed by atoms with Gasteiger partial charge in [0.1, 0.15) is 0 Å². The summed E-state index contributed by atoms with van der Waals surface area (Å²) < 4.78 is 4.68. The highest BCUT2D eigenvalue weighted by Crippen LogP contribution is 2.41. The first kappa shape index (κ1) is 26.1. The third kappa shape index (κ3) is 3.84. The number of fused-ring (bicyclic) bond motifs is 6. The maximum atomic E-state index is 10.4. The van der Waals surface area contributed by atoms with E-state index in [1.807, 2.05) is 6.07 Å². The largest absolute Gasteiger partial charge is 0.309 e. The van der Waals surface area contributed by atoms with Crippen LogP contribution in [0.25, 0.3) is 77.2 Å². The third-order valence-electron chi connectivity index (χ3n) is 9.19. The zero-order valence-electron chi connectivity index (χ0n) is 24.9. The number of hydrogen-bond acceptors (Lipinski definition) is 1. The number of nitrogens with zero attached hydrogens (tertiary/aromatic N) is 3. The molecule has 3 heteroatoms. The van der Waals surface area contributed by atoms with Gasteiger partial charge < -0.3 is 9.13 Å². The molecule has 0 atom stereocenters. The third-order valence-corrected chi connectivity index (χ3v) is 9.19. The summed E-state index contributed by atoms with van der Waals surface area (Å²) in [6.45, 7) is 0. The molecule has 9 rings (SSSR count). The Morgan fingerprint density at radius 2 is 0.783 bits per heavy atom. The highest BCUT2D eigenvalue weighted by Gasteiger charge is 2.19. The van der Waals surface area contributed by atoms with Crippen LogP contribution in [0.4, 0.5) is 0 Å². The van der Waals surface area contributed by atoms with Crippen LogP contribution in [-0.2, 0) is 0 Å². The number of aromatic nitrogens is 2. The monoisotopic (exact) mass is 585 g/mol. The van der Waals surface area contributed by atoms with E-state index >= 15 is 0 Å². The molecule has 214 valence electrons. The van der Waals surface area contributed by atoms with Gasteiger partial charge >= 0.3 is 0 Å². The molecule has 7 aromatic carbocycles. The molecule has 46 heavy (non-hydrogen) atoms. The first-order chi connectivity index (χ1) is 22.8. The van der Waals surface area contributed by atoms with Crippen LogP contribution < -0.4 is 0 Å². The van der Waals surface area contributed by atoms with Crippen LogP contribution in [0.1, 0.15) is 5.56 Å². The Bertz CT molecular complexity index is 2560. The van der Waals surface area contributed by atoms with E-state index in [-0.39, 0.29) is 0 Å². The summed E-state index contributed by atoms with van der Waals surface area (Å²) in [6.07, 6.45) is 0. The van der Waals surface area contributed by atoms with Crippen LogP contribution in [0, 0.1) is 11.3 Å². The van der Waals surface area contributed by atoms with Crippen molar-refractivity contribution in [3.05, 3.63) is 169 Å². The lowest BCUT2D eigenvalue weighted by Crippen LogP contribution is -1.99. The van der Waals surface area contributed by atoms with Gasteiger partial charge in [-0.15, -0.1) is 0 Å². The smallest absolute Gasteiger partial charge is 0.0998 e. The van der Waals surface area contributed by atoms with Crippen LogP contribution in [0.3, 0.4) is 0 Å². The van der Waals surface area contributed by atoms with Gasteiger partial charge in [-0.05, 0) is 59.7 Å². The molecule has 0 radical (unpaired) electrons. The van der Waals surface area contributed by atoms with Crippen LogP contribution in [0.2, 0.25) is 0 Å². The van der Waals surface area contributed by atoms with E-state index in [1.54, 1.807) is 0 Å². The van der Waals surface area contributed by atoms with Gasteiger partial charge in [-0.1, -0.05) is 115 Å². The van der Waals surface area contributed by atoms with Crippen molar-refractivity contribution in [3.63, 3.8) is 0 Å². The molecule has 0 fully saturated rings. The van der Waals surface area contributed by atoms with Crippen LogP contribution in [0.5, 0.6) is 0 Å². The summed E-state index contributed by atoms with van der Waals surface area (Å²) in [5.74, 6) is 0. The van der Waals surface area contributed by atoms with Gasteiger partial charge in [0.25, 0.3) is 0 Å². The first-order valence-electron chi connectivity index (χ1n) is 15.5. The van der Waals surface area contributed by atoms with E-state index in [1.165, 1.54) is 32.6 Å². The predicted molar refractivity (Wildman–Crippen MR) is 191 cm³/mol. The van der Waals surface area contributed by atoms with Crippen LogP contribution in [-0.4, -0.2) is 9.13 Å². The Kier molecular flexibility index (Phi) is 5.88. The van der Waals surface area contributed by atoms with Gasteiger partial charge in [0.2, 0.25) is 0 Å². The quantitative estimate of drug-likeness (QED) is 0.202. The molecule has 3 nitrogen and oxygen atoms in total. The van der Waals surface area contributed by atoms with Crippen molar-refractivity contribution in [2.24, 2.45) is 0 Å². The lowest BCUT2D eigenvalue weighted by Gasteiger charge is -2.18. The second-order valence-corrected chi connectivity index (χ2v) is 11.6. The lowest BCUT2D eigenvalue weighted by molar-refractivity contribution is 1.18. The number of rotatable bonds is 4. The zero-order chi connectivity index (χ0) is 30.6. The fourth-order valence-corrected chi connectivity index (χ4v) is 7.22. The maximum Gasteiger partial charge on any atom is 0.0998 e. The summed E-state index contributed by atoms with van der Waals surface area (Å²) in [5.41, 5.74) is 11.5. The summed E-state index contributed by atoms with van der Waals surface area (Å²) >= 11 is 0. The molecular formula is C43H27N3.